The molecule has 17 heavy (non-hydrogen) atoms. The van der Waals surface area contributed by atoms with E-state index in [0.717, 1.165) is 28.6 Å². The zero-order valence-electron chi connectivity index (χ0n) is 10.7. The normalized spacial score (nSPS) is 12.2. The van der Waals surface area contributed by atoms with Crippen LogP contribution in [0.25, 0.3) is 0 Å². The van der Waals surface area contributed by atoms with Crippen LogP contribution in [0.5, 0.6) is 11.5 Å². The lowest BCUT2D eigenvalue weighted by molar-refractivity contribution is 0.396. The van der Waals surface area contributed by atoms with Crippen molar-refractivity contribution in [3.8, 4) is 11.5 Å². The number of ether oxygens (including phenoxy) is 2. The molecule has 2 N–H and O–H groups in total. The molecule has 96 valence electrons. The molecule has 0 spiro atoms. The molecular weight excluding hydrogens is 234 g/mol. The highest BCUT2D eigenvalue weighted by molar-refractivity contribution is 7.99. The van der Waals surface area contributed by atoms with Crippen molar-refractivity contribution in [1.82, 2.24) is 0 Å². The van der Waals surface area contributed by atoms with E-state index >= 15 is 0 Å². The molecule has 0 saturated carbocycles. The van der Waals surface area contributed by atoms with Gasteiger partial charge in [0.1, 0.15) is 11.5 Å². The Kier molecular flexibility index (Phi) is 6.22. The summed E-state index contributed by atoms with van der Waals surface area (Å²) in [7, 11) is 3.32. The van der Waals surface area contributed by atoms with Crippen LogP contribution in [0, 0.1) is 0 Å². The first-order chi connectivity index (χ1) is 8.22. The SMILES string of the molecule is CCCSCC(N)c1cc(OC)ccc1OC. The second-order valence-corrected chi connectivity index (χ2v) is 4.94. The Morgan fingerprint density at radius 2 is 2.06 bits per heavy atom. The monoisotopic (exact) mass is 255 g/mol. The van der Waals surface area contributed by atoms with Crippen LogP contribution < -0.4 is 15.2 Å². The molecule has 0 aliphatic carbocycles. The molecular formula is C13H21NO2S. The van der Waals surface area contributed by atoms with Crippen molar-refractivity contribution in [2.24, 2.45) is 5.73 Å². The minimum Gasteiger partial charge on any atom is -0.497 e. The van der Waals surface area contributed by atoms with Crippen molar-refractivity contribution in [3.63, 3.8) is 0 Å². The maximum atomic E-state index is 6.18. The van der Waals surface area contributed by atoms with Crippen molar-refractivity contribution >= 4 is 11.8 Å². The third kappa shape index (κ3) is 4.13. The van der Waals surface area contributed by atoms with Gasteiger partial charge in [-0.1, -0.05) is 6.92 Å². The Morgan fingerprint density at radius 1 is 1.29 bits per heavy atom. The van der Waals surface area contributed by atoms with Crippen LogP contribution in [0.1, 0.15) is 24.9 Å². The largest absolute Gasteiger partial charge is 0.497 e. The Bertz CT molecular complexity index is 344. The van der Waals surface area contributed by atoms with Crippen LogP contribution in [0.3, 0.4) is 0 Å². The highest BCUT2D eigenvalue weighted by Crippen LogP contribution is 2.29. The quantitative estimate of drug-likeness (QED) is 0.761. The molecule has 1 aromatic carbocycles. The fraction of sp³-hybridized carbons (Fsp3) is 0.538. The van der Waals surface area contributed by atoms with E-state index < -0.39 is 0 Å². The van der Waals surface area contributed by atoms with Gasteiger partial charge < -0.3 is 15.2 Å². The van der Waals surface area contributed by atoms with Crippen molar-refractivity contribution < 1.29 is 9.47 Å². The molecule has 0 bridgehead atoms. The lowest BCUT2D eigenvalue weighted by atomic mass is 10.1. The second kappa shape index (κ2) is 7.45. The van der Waals surface area contributed by atoms with Gasteiger partial charge in [-0.3, -0.25) is 0 Å². The van der Waals surface area contributed by atoms with E-state index in [0.29, 0.717) is 0 Å². The number of methoxy groups -OCH3 is 2. The van der Waals surface area contributed by atoms with Gasteiger partial charge in [0.2, 0.25) is 0 Å². The molecule has 1 aromatic rings. The molecule has 0 fully saturated rings. The summed E-state index contributed by atoms with van der Waals surface area (Å²) in [5.41, 5.74) is 7.19. The summed E-state index contributed by atoms with van der Waals surface area (Å²) in [6.45, 7) is 2.17. The third-order valence-corrected chi connectivity index (χ3v) is 3.77. The Hall–Kier alpha value is -0.870. The van der Waals surface area contributed by atoms with E-state index in [-0.39, 0.29) is 6.04 Å². The number of benzene rings is 1. The second-order valence-electron chi connectivity index (χ2n) is 3.79. The van der Waals surface area contributed by atoms with Crippen molar-refractivity contribution in [1.29, 1.82) is 0 Å². The zero-order chi connectivity index (χ0) is 12.7. The van der Waals surface area contributed by atoms with Crippen molar-refractivity contribution in [2.75, 3.05) is 25.7 Å². The molecule has 1 rings (SSSR count). The number of hydrogen-bond acceptors (Lipinski definition) is 4. The number of nitrogens with two attached hydrogens (primary N) is 1. The standard InChI is InChI=1S/C13H21NO2S/c1-4-7-17-9-12(14)11-8-10(15-2)5-6-13(11)16-3/h5-6,8,12H,4,7,9,14H2,1-3H3. The average molecular weight is 255 g/mol. The average Bonchev–Trinajstić information content (AvgIpc) is 2.38. The molecule has 1 atom stereocenters. The van der Waals surface area contributed by atoms with Gasteiger partial charge in [0, 0.05) is 17.4 Å². The van der Waals surface area contributed by atoms with Crippen molar-refractivity contribution in [3.05, 3.63) is 23.8 Å². The topological polar surface area (TPSA) is 44.5 Å². The van der Waals surface area contributed by atoms with Crippen LogP contribution >= 0.6 is 11.8 Å². The molecule has 0 aliphatic heterocycles. The first-order valence-electron chi connectivity index (χ1n) is 5.78. The van der Waals surface area contributed by atoms with Gasteiger partial charge >= 0.3 is 0 Å². The van der Waals surface area contributed by atoms with E-state index in [2.05, 4.69) is 6.92 Å². The number of hydrogen-bond donors (Lipinski definition) is 1. The van der Waals surface area contributed by atoms with Gasteiger partial charge in [0.15, 0.2) is 0 Å². The highest BCUT2D eigenvalue weighted by Gasteiger charge is 2.13. The molecule has 0 heterocycles. The summed E-state index contributed by atoms with van der Waals surface area (Å²) >= 11 is 1.87. The first kappa shape index (κ1) is 14.2. The highest BCUT2D eigenvalue weighted by atomic mass is 32.2. The van der Waals surface area contributed by atoms with Crippen molar-refractivity contribution in [2.45, 2.75) is 19.4 Å². The Balaban J connectivity index is 2.78. The van der Waals surface area contributed by atoms with Crippen LogP contribution in [0.4, 0.5) is 0 Å². The fourth-order valence-electron chi connectivity index (χ4n) is 1.57. The Labute approximate surface area is 108 Å². The van der Waals surface area contributed by atoms with Gasteiger partial charge in [-0.25, -0.2) is 0 Å². The first-order valence-corrected chi connectivity index (χ1v) is 6.93. The summed E-state index contributed by atoms with van der Waals surface area (Å²) in [6, 6.07) is 5.72. The molecule has 0 aliphatic rings. The number of thioether (sulfide) groups is 1. The summed E-state index contributed by atoms with van der Waals surface area (Å²) in [4.78, 5) is 0. The summed E-state index contributed by atoms with van der Waals surface area (Å²) in [6.07, 6.45) is 1.17. The maximum Gasteiger partial charge on any atom is 0.123 e. The third-order valence-electron chi connectivity index (χ3n) is 2.48. The summed E-state index contributed by atoms with van der Waals surface area (Å²) < 4.78 is 10.5. The molecule has 0 saturated heterocycles. The number of rotatable bonds is 7. The minimum atomic E-state index is -0.0170. The minimum absolute atomic E-state index is 0.0170. The fourth-order valence-corrected chi connectivity index (χ4v) is 2.46. The van der Waals surface area contributed by atoms with Gasteiger partial charge in [-0.15, -0.1) is 0 Å². The van der Waals surface area contributed by atoms with Gasteiger partial charge in [0.05, 0.1) is 14.2 Å². The lowest BCUT2D eigenvalue weighted by Crippen LogP contribution is -2.14. The molecule has 4 heteroatoms. The molecule has 0 aromatic heterocycles. The van der Waals surface area contributed by atoms with E-state index in [9.17, 15) is 0 Å². The van der Waals surface area contributed by atoms with Gasteiger partial charge in [-0.05, 0) is 30.4 Å². The lowest BCUT2D eigenvalue weighted by Gasteiger charge is -2.16. The van der Waals surface area contributed by atoms with E-state index in [1.807, 2.05) is 30.0 Å². The van der Waals surface area contributed by atoms with Gasteiger partial charge in [0.25, 0.3) is 0 Å². The molecule has 0 radical (unpaired) electrons. The van der Waals surface area contributed by atoms with E-state index in [4.69, 9.17) is 15.2 Å². The maximum absolute atomic E-state index is 6.18. The predicted octanol–water partition coefficient (Wildman–Crippen LogP) is 2.85. The van der Waals surface area contributed by atoms with E-state index in [1.165, 1.54) is 6.42 Å². The van der Waals surface area contributed by atoms with Gasteiger partial charge in [-0.2, -0.15) is 11.8 Å². The molecule has 0 amide bonds. The van der Waals surface area contributed by atoms with Crippen LogP contribution in [-0.4, -0.2) is 25.7 Å². The summed E-state index contributed by atoms with van der Waals surface area (Å²) in [5.74, 6) is 3.68. The Morgan fingerprint density at radius 3 is 2.65 bits per heavy atom. The van der Waals surface area contributed by atoms with E-state index in [1.54, 1.807) is 14.2 Å². The van der Waals surface area contributed by atoms with Crippen LogP contribution in [0.2, 0.25) is 0 Å². The smallest absolute Gasteiger partial charge is 0.123 e. The molecule has 1 unspecified atom stereocenters. The summed E-state index contributed by atoms with van der Waals surface area (Å²) in [5, 5.41) is 0. The predicted molar refractivity (Wildman–Crippen MR) is 74.1 cm³/mol. The zero-order valence-corrected chi connectivity index (χ0v) is 11.5. The molecule has 3 nitrogen and oxygen atoms in total. The van der Waals surface area contributed by atoms with Crippen LogP contribution in [0.15, 0.2) is 18.2 Å². The van der Waals surface area contributed by atoms with Crippen LogP contribution in [-0.2, 0) is 0 Å².